The lowest BCUT2D eigenvalue weighted by molar-refractivity contribution is 1.18. The van der Waals surface area contributed by atoms with Crippen molar-refractivity contribution in [3.05, 3.63) is 23.4 Å². The highest BCUT2D eigenvalue weighted by Gasteiger charge is 2.00. The predicted molar refractivity (Wildman–Crippen MR) is 45.9 cm³/mol. The minimum atomic E-state index is 0.544. The van der Waals surface area contributed by atoms with Crippen molar-refractivity contribution >= 4 is 5.82 Å². The summed E-state index contributed by atoms with van der Waals surface area (Å²) in [6.07, 6.45) is 7.41. The molecule has 0 aliphatic carbocycles. The van der Waals surface area contributed by atoms with Gasteiger partial charge in [0, 0.05) is 18.2 Å². The largest absolute Gasteiger partial charge is 0.383 e. The van der Waals surface area contributed by atoms with Gasteiger partial charge in [0.15, 0.2) is 0 Å². The number of aromatic nitrogens is 1. The summed E-state index contributed by atoms with van der Waals surface area (Å²) < 4.78 is 0. The van der Waals surface area contributed by atoms with Crippen LogP contribution in [-0.2, 0) is 6.42 Å². The molecule has 1 aromatic rings. The zero-order valence-corrected chi connectivity index (χ0v) is 6.46. The molecule has 1 heterocycles. The van der Waals surface area contributed by atoms with E-state index >= 15 is 0 Å². The second-order valence-corrected chi connectivity index (χ2v) is 2.37. The van der Waals surface area contributed by atoms with Crippen molar-refractivity contribution in [1.82, 2.24) is 4.98 Å². The maximum atomic E-state index is 5.60. The number of nitrogens with zero attached hydrogens (tertiary/aromatic N) is 1. The molecular formula is C9H10N2. The molecule has 0 fully saturated rings. The summed E-state index contributed by atoms with van der Waals surface area (Å²) in [7, 11) is 0. The van der Waals surface area contributed by atoms with E-state index < -0.39 is 0 Å². The topological polar surface area (TPSA) is 38.9 Å². The number of pyridine rings is 1. The summed E-state index contributed by atoms with van der Waals surface area (Å²) in [5.41, 5.74) is 7.68. The summed E-state index contributed by atoms with van der Waals surface area (Å²) in [5.74, 6) is 3.09. The number of hydrogen-bond acceptors (Lipinski definition) is 2. The van der Waals surface area contributed by atoms with Gasteiger partial charge in [0.1, 0.15) is 5.82 Å². The zero-order chi connectivity index (χ0) is 8.27. The fourth-order valence-corrected chi connectivity index (χ4v) is 0.942. The van der Waals surface area contributed by atoms with Gasteiger partial charge in [0.25, 0.3) is 0 Å². The van der Waals surface area contributed by atoms with Crippen molar-refractivity contribution in [2.75, 3.05) is 5.73 Å². The van der Waals surface area contributed by atoms with Gasteiger partial charge in [0.05, 0.1) is 0 Å². The lowest BCUT2D eigenvalue weighted by Crippen LogP contribution is -1.98. The molecule has 1 aromatic heterocycles. The van der Waals surface area contributed by atoms with Crippen LogP contribution in [0.3, 0.4) is 0 Å². The standard InChI is InChI=1S/C9H10N2/c1-3-4-8-7(2)5-6-11-9(8)10/h1,5-6H,4H2,2H3,(H2,10,11). The Morgan fingerprint density at radius 2 is 2.45 bits per heavy atom. The van der Waals surface area contributed by atoms with E-state index in [1.54, 1.807) is 6.20 Å². The Morgan fingerprint density at radius 1 is 1.73 bits per heavy atom. The van der Waals surface area contributed by atoms with Crippen LogP contribution < -0.4 is 5.73 Å². The van der Waals surface area contributed by atoms with Gasteiger partial charge in [-0.2, -0.15) is 0 Å². The van der Waals surface area contributed by atoms with E-state index in [1.807, 2.05) is 13.0 Å². The summed E-state index contributed by atoms with van der Waals surface area (Å²) in [6, 6.07) is 1.91. The molecule has 0 atom stereocenters. The van der Waals surface area contributed by atoms with E-state index in [9.17, 15) is 0 Å². The first-order valence-electron chi connectivity index (χ1n) is 3.39. The van der Waals surface area contributed by atoms with Crippen molar-refractivity contribution in [1.29, 1.82) is 0 Å². The highest BCUT2D eigenvalue weighted by atomic mass is 14.8. The Bertz CT molecular complexity index is 277. The van der Waals surface area contributed by atoms with E-state index in [2.05, 4.69) is 10.9 Å². The van der Waals surface area contributed by atoms with Gasteiger partial charge in [-0.25, -0.2) is 4.98 Å². The summed E-state index contributed by atoms with van der Waals surface area (Å²) in [4.78, 5) is 3.94. The maximum Gasteiger partial charge on any atom is 0.127 e. The van der Waals surface area contributed by atoms with Gasteiger partial charge < -0.3 is 5.73 Å². The molecule has 2 N–H and O–H groups in total. The molecule has 0 saturated heterocycles. The monoisotopic (exact) mass is 146 g/mol. The summed E-state index contributed by atoms with van der Waals surface area (Å²) in [6.45, 7) is 1.98. The molecule has 0 saturated carbocycles. The van der Waals surface area contributed by atoms with Gasteiger partial charge in [0.2, 0.25) is 0 Å². The van der Waals surface area contributed by atoms with Crippen LogP contribution in [0.5, 0.6) is 0 Å². The molecule has 11 heavy (non-hydrogen) atoms. The fourth-order valence-electron chi connectivity index (χ4n) is 0.942. The van der Waals surface area contributed by atoms with Crippen LogP contribution in [0.1, 0.15) is 11.1 Å². The Hall–Kier alpha value is -1.49. The number of aryl methyl sites for hydroxylation is 1. The van der Waals surface area contributed by atoms with Gasteiger partial charge in [-0.1, -0.05) is 0 Å². The van der Waals surface area contributed by atoms with E-state index in [-0.39, 0.29) is 0 Å². The molecule has 0 radical (unpaired) electrons. The first-order valence-corrected chi connectivity index (χ1v) is 3.39. The van der Waals surface area contributed by atoms with E-state index in [0.29, 0.717) is 12.2 Å². The van der Waals surface area contributed by atoms with Gasteiger partial charge in [-0.05, 0) is 18.6 Å². The van der Waals surface area contributed by atoms with E-state index in [4.69, 9.17) is 12.2 Å². The first kappa shape index (κ1) is 7.62. The van der Waals surface area contributed by atoms with Crippen molar-refractivity contribution < 1.29 is 0 Å². The molecule has 2 heteroatoms. The molecule has 0 bridgehead atoms. The van der Waals surface area contributed by atoms with Crippen LogP contribution in [0.2, 0.25) is 0 Å². The third-order valence-corrected chi connectivity index (χ3v) is 1.60. The molecule has 2 nitrogen and oxygen atoms in total. The highest BCUT2D eigenvalue weighted by Crippen LogP contribution is 2.12. The molecule has 0 aliphatic rings. The minimum Gasteiger partial charge on any atom is -0.383 e. The number of anilines is 1. The molecule has 1 rings (SSSR count). The van der Waals surface area contributed by atoms with Crippen LogP contribution in [0, 0.1) is 19.3 Å². The van der Waals surface area contributed by atoms with Gasteiger partial charge >= 0.3 is 0 Å². The third kappa shape index (κ3) is 1.50. The molecule has 0 aliphatic heterocycles. The predicted octanol–water partition coefficient (Wildman–Crippen LogP) is 1.15. The number of terminal acetylenes is 1. The fraction of sp³-hybridized carbons (Fsp3) is 0.222. The van der Waals surface area contributed by atoms with Crippen molar-refractivity contribution in [3.8, 4) is 12.3 Å². The number of nitrogen functional groups attached to an aromatic ring is 1. The maximum absolute atomic E-state index is 5.60. The molecule has 0 aromatic carbocycles. The van der Waals surface area contributed by atoms with Crippen molar-refractivity contribution in [2.24, 2.45) is 0 Å². The molecular weight excluding hydrogens is 136 g/mol. The lowest BCUT2D eigenvalue weighted by atomic mass is 10.1. The molecule has 0 spiro atoms. The van der Waals surface area contributed by atoms with Crippen LogP contribution in [0.4, 0.5) is 5.82 Å². The van der Waals surface area contributed by atoms with Crippen LogP contribution >= 0.6 is 0 Å². The highest BCUT2D eigenvalue weighted by molar-refractivity contribution is 5.45. The number of rotatable bonds is 1. The Kier molecular flexibility index (Phi) is 2.12. The average Bonchev–Trinajstić information content (AvgIpc) is 1.97. The lowest BCUT2D eigenvalue weighted by Gasteiger charge is -2.03. The van der Waals surface area contributed by atoms with Crippen molar-refractivity contribution in [3.63, 3.8) is 0 Å². The van der Waals surface area contributed by atoms with Crippen LogP contribution in [0.25, 0.3) is 0 Å². The molecule has 0 unspecified atom stereocenters. The second-order valence-electron chi connectivity index (χ2n) is 2.37. The van der Waals surface area contributed by atoms with Gasteiger partial charge in [-0.3, -0.25) is 0 Å². The molecule has 56 valence electrons. The van der Waals surface area contributed by atoms with Crippen LogP contribution in [-0.4, -0.2) is 4.98 Å². The van der Waals surface area contributed by atoms with Crippen molar-refractivity contribution in [2.45, 2.75) is 13.3 Å². The average molecular weight is 146 g/mol. The smallest absolute Gasteiger partial charge is 0.127 e. The molecule has 0 amide bonds. The van der Waals surface area contributed by atoms with Gasteiger partial charge in [-0.15, -0.1) is 12.3 Å². The minimum absolute atomic E-state index is 0.544. The summed E-state index contributed by atoms with van der Waals surface area (Å²) >= 11 is 0. The normalized spacial score (nSPS) is 9.09. The zero-order valence-electron chi connectivity index (χ0n) is 6.46. The van der Waals surface area contributed by atoms with Crippen LogP contribution in [0.15, 0.2) is 12.3 Å². The third-order valence-electron chi connectivity index (χ3n) is 1.60. The Balaban J connectivity index is 3.12. The quantitative estimate of drug-likeness (QED) is 0.603. The SMILES string of the molecule is C#CCc1c(C)ccnc1N. The Morgan fingerprint density at radius 3 is 3.00 bits per heavy atom. The number of nitrogens with two attached hydrogens (primary N) is 1. The number of hydrogen-bond donors (Lipinski definition) is 1. The Labute approximate surface area is 66.4 Å². The second kappa shape index (κ2) is 3.07. The first-order chi connectivity index (χ1) is 5.25. The van der Waals surface area contributed by atoms with E-state index in [1.165, 1.54) is 0 Å². The van der Waals surface area contributed by atoms with E-state index in [0.717, 1.165) is 11.1 Å². The summed E-state index contributed by atoms with van der Waals surface area (Å²) in [5, 5.41) is 0.